The van der Waals surface area contributed by atoms with E-state index < -0.39 is 0 Å². The predicted molar refractivity (Wildman–Crippen MR) is 102 cm³/mol. The molecule has 0 fully saturated rings. The molecular weight excluding hydrogens is 338 g/mol. The molecule has 3 aromatic rings. The summed E-state index contributed by atoms with van der Waals surface area (Å²) in [7, 11) is 0. The second kappa shape index (κ2) is 8.04. The molecule has 0 heterocycles. The number of halogens is 1. The van der Waals surface area contributed by atoms with Gasteiger partial charge in [0, 0.05) is 15.6 Å². The van der Waals surface area contributed by atoms with E-state index in [2.05, 4.69) is 5.32 Å². The van der Waals surface area contributed by atoms with Crippen LogP contribution in [0.5, 0.6) is 0 Å². The van der Waals surface area contributed by atoms with Gasteiger partial charge in [-0.25, -0.2) is 0 Å². The van der Waals surface area contributed by atoms with Crippen LogP contribution in [0.3, 0.4) is 0 Å². The lowest BCUT2D eigenvalue weighted by molar-refractivity contribution is -0.115. The van der Waals surface area contributed by atoms with Crippen molar-refractivity contribution >= 4 is 35.0 Å². The molecule has 1 amide bonds. The lowest BCUT2D eigenvalue weighted by Gasteiger charge is -2.17. The van der Waals surface area contributed by atoms with Gasteiger partial charge in [0.15, 0.2) is 0 Å². The van der Waals surface area contributed by atoms with Crippen molar-refractivity contribution in [2.45, 2.75) is 10.1 Å². The fourth-order valence-electron chi connectivity index (χ4n) is 2.28. The first-order valence-electron chi connectivity index (χ1n) is 7.55. The van der Waals surface area contributed by atoms with E-state index in [-0.39, 0.29) is 11.2 Å². The van der Waals surface area contributed by atoms with Crippen LogP contribution in [0.15, 0.2) is 89.8 Å². The quantitative estimate of drug-likeness (QED) is 0.586. The first kappa shape index (κ1) is 16.6. The van der Waals surface area contributed by atoms with E-state index in [1.165, 1.54) is 11.8 Å². The number of carbonyl (C=O) groups is 1. The number of benzene rings is 3. The van der Waals surface area contributed by atoms with Gasteiger partial charge in [-0.05, 0) is 42.0 Å². The first-order valence-corrected chi connectivity index (χ1v) is 8.81. The monoisotopic (exact) mass is 353 g/mol. The number of amides is 1. The highest BCUT2D eigenvalue weighted by atomic mass is 35.5. The molecule has 0 aliphatic carbocycles. The van der Waals surface area contributed by atoms with Crippen LogP contribution in [-0.2, 0) is 4.79 Å². The van der Waals surface area contributed by atoms with Crippen LogP contribution in [0.4, 0.5) is 5.69 Å². The molecule has 0 bridgehead atoms. The Labute approximate surface area is 150 Å². The SMILES string of the molecule is O=C(Nc1ccc(Cl)cc1)C(Sc1ccccc1)c1ccccc1. The Bertz CT molecular complexity index is 791. The van der Waals surface area contributed by atoms with Crippen molar-refractivity contribution in [3.05, 3.63) is 95.5 Å². The molecule has 1 unspecified atom stereocenters. The summed E-state index contributed by atoms with van der Waals surface area (Å²) in [5.41, 5.74) is 1.71. The summed E-state index contributed by atoms with van der Waals surface area (Å²) in [5.74, 6) is -0.0580. The largest absolute Gasteiger partial charge is 0.325 e. The molecule has 0 aliphatic rings. The first-order chi connectivity index (χ1) is 11.7. The van der Waals surface area contributed by atoms with Gasteiger partial charge in [0.1, 0.15) is 5.25 Å². The molecule has 0 spiro atoms. The molecule has 3 rings (SSSR count). The van der Waals surface area contributed by atoms with Crippen molar-refractivity contribution in [3.63, 3.8) is 0 Å². The number of nitrogens with one attached hydrogen (secondary N) is 1. The maximum Gasteiger partial charge on any atom is 0.242 e. The average molecular weight is 354 g/mol. The summed E-state index contributed by atoms with van der Waals surface area (Å²) in [6.07, 6.45) is 0. The standard InChI is InChI=1S/C20H16ClNOS/c21-16-11-13-17(14-12-16)22-20(23)19(15-7-3-1-4-8-15)24-18-9-5-2-6-10-18/h1-14,19H,(H,22,23). The zero-order chi connectivity index (χ0) is 16.8. The van der Waals surface area contributed by atoms with Gasteiger partial charge in [-0.3, -0.25) is 4.79 Å². The number of thioether (sulfide) groups is 1. The highest BCUT2D eigenvalue weighted by molar-refractivity contribution is 8.00. The smallest absolute Gasteiger partial charge is 0.242 e. The molecule has 2 nitrogen and oxygen atoms in total. The lowest BCUT2D eigenvalue weighted by Crippen LogP contribution is -2.18. The van der Waals surface area contributed by atoms with Crippen LogP contribution in [-0.4, -0.2) is 5.91 Å². The maximum absolute atomic E-state index is 12.8. The summed E-state index contributed by atoms with van der Waals surface area (Å²) < 4.78 is 0. The third kappa shape index (κ3) is 4.40. The number of rotatable bonds is 5. The van der Waals surface area contributed by atoms with E-state index in [1.807, 2.05) is 60.7 Å². The number of anilines is 1. The molecule has 0 aromatic heterocycles. The fraction of sp³-hybridized carbons (Fsp3) is 0.0500. The summed E-state index contributed by atoms with van der Waals surface area (Å²) in [6.45, 7) is 0. The number of hydrogen-bond acceptors (Lipinski definition) is 2. The number of carbonyl (C=O) groups excluding carboxylic acids is 1. The second-order valence-corrected chi connectivity index (χ2v) is 6.83. The number of hydrogen-bond donors (Lipinski definition) is 1. The summed E-state index contributed by atoms with van der Waals surface area (Å²) >= 11 is 7.43. The van der Waals surface area contributed by atoms with E-state index in [0.29, 0.717) is 5.02 Å². The molecule has 4 heteroatoms. The lowest BCUT2D eigenvalue weighted by atomic mass is 10.1. The summed E-state index contributed by atoms with van der Waals surface area (Å²) in [4.78, 5) is 13.9. The van der Waals surface area contributed by atoms with Gasteiger partial charge >= 0.3 is 0 Å². The topological polar surface area (TPSA) is 29.1 Å². The van der Waals surface area contributed by atoms with E-state index in [1.54, 1.807) is 24.3 Å². The van der Waals surface area contributed by atoms with Gasteiger partial charge < -0.3 is 5.32 Å². The molecule has 1 atom stereocenters. The van der Waals surface area contributed by atoms with E-state index in [4.69, 9.17) is 11.6 Å². The van der Waals surface area contributed by atoms with Crippen LogP contribution in [0.1, 0.15) is 10.8 Å². The Kier molecular flexibility index (Phi) is 5.57. The predicted octanol–water partition coefficient (Wildman–Crippen LogP) is 5.81. The zero-order valence-corrected chi connectivity index (χ0v) is 14.4. The molecule has 24 heavy (non-hydrogen) atoms. The molecule has 1 N–H and O–H groups in total. The van der Waals surface area contributed by atoms with Gasteiger partial charge in [-0.1, -0.05) is 60.1 Å². The van der Waals surface area contributed by atoms with E-state index in [9.17, 15) is 4.79 Å². The fourth-order valence-corrected chi connectivity index (χ4v) is 3.45. The van der Waals surface area contributed by atoms with Gasteiger partial charge in [-0.15, -0.1) is 11.8 Å². The van der Waals surface area contributed by atoms with Gasteiger partial charge in [0.2, 0.25) is 5.91 Å². The minimum Gasteiger partial charge on any atom is -0.325 e. The third-order valence-electron chi connectivity index (χ3n) is 3.45. The molecule has 0 aliphatic heterocycles. The molecule has 0 saturated heterocycles. The molecule has 0 radical (unpaired) electrons. The van der Waals surface area contributed by atoms with E-state index in [0.717, 1.165) is 16.1 Å². The Morgan fingerprint density at radius 3 is 2.04 bits per heavy atom. The van der Waals surface area contributed by atoms with Crippen LogP contribution in [0.2, 0.25) is 5.02 Å². The van der Waals surface area contributed by atoms with Crippen molar-refractivity contribution < 1.29 is 4.79 Å². The van der Waals surface area contributed by atoms with Gasteiger partial charge in [-0.2, -0.15) is 0 Å². The highest BCUT2D eigenvalue weighted by Gasteiger charge is 2.22. The zero-order valence-electron chi connectivity index (χ0n) is 12.9. The summed E-state index contributed by atoms with van der Waals surface area (Å²) in [5, 5.41) is 3.28. The van der Waals surface area contributed by atoms with Crippen molar-refractivity contribution in [1.29, 1.82) is 0 Å². The van der Waals surface area contributed by atoms with Crippen molar-refractivity contribution in [2.75, 3.05) is 5.32 Å². The molecule has 3 aromatic carbocycles. The third-order valence-corrected chi connectivity index (χ3v) is 4.97. The van der Waals surface area contributed by atoms with Crippen molar-refractivity contribution in [2.24, 2.45) is 0 Å². The Hall–Kier alpha value is -2.23. The molecule has 120 valence electrons. The Morgan fingerprint density at radius 1 is 0.833 bits per heavy atom. The highest BCUT2D eigenvalue weighted by Crippen LogP contribution is 2.36. The van der Waals surface area contributed by atoms with Crippen LogP contribution < -0.4 is 5.32 Å². The molecule has 0 saturated carbocycles. The van der Waals surface area contributed by atoms with Crippen LogP contribution >= 0.6 is 23.4 Å². The maximum atomic E-state index is 12.8. The Morgan fingerprint density at radius 2 is 1.42 bits per heavy atom. The van der Waals surface area contributed by atoms with Gasteiger partial charge in [0.05, 0.1) is 0 Å². The minimum atomic E-state index is -0.329. The summed E-state index contributed by atoms with van der Waals surface area (Å²) in [6, 6.07) is 26.9. The van der Waals surface area contributed by atoms with Crippen LogP contribution in [0.25, 0.3) is 0 Å². The minimum absolute atomic E-state index is 0.0580. The van der Waals surface area contributed by atoms with E-state index >= 15 is 0 Å². The average Bonchev–Trinajstić information content (AvgIpc) is 2.63. The Balaban J connectivity index is 1.83. The molecular formula is C20H16ClNOS. The second-order valence-electron chi connectivity index (χ2n) is 5.22. The van der Waals surface area contributed by atoms with Gasteiger partial charge in [0.25, 0.3) is 0 Å². The van der Waals surface area contributed by atoms with Crippen molar-refractivity contribution in [3.8, 4) is 0 Å². The van der Waals surface area contributed by atoms with Crippen LogP contribution in [0, 0.1) is 0 Å². The normalized spacial score (nSPS) is 11.7. The van der Waals surface area contributed by atoms with Crippen molar-refractivity contribution in [1.82, 2.24) is 0 Å².